The second-order valence-corrected chi connectivity index (χ2v) is 6.57. The van der Waals surface area contributed by atoms with Crippen molar-refractivity contribution in [2.24, 2.45) is 0 Å². The Kier molecular flexibility index (Phi) is 3.73. The first-order valence-electron chi connectivity index (χ1n) is 8.91. The van der Waals surface area contributed by atoms with E-state index in [4.69, 9.17) is 0 Å². The highest BCUT2D eigenvalue weighted by atomic mass is 16.3. The lowest BCUT2D eigenvalue weighted by atomic mass is 10.1. The summed E-state index contributed by atoms with van der Waals surface area (Å²) >= 11 is 0. The first-order chi connectivity index (χ1) is 13.3. The quantitative estimate of drug-likeness (QED) is 0.527. The van der Waals surface area contributed by atoms with Crippen LogP contribution >= 0.6 is 0 Å². The maximum Gasteiger partial charge on any atom is 0.159 e. The van der Waals surface area contributed by atoms with Gasteiger partial charge in [0.25, 0.3) is 0 Å². The summed E-state index contributed by atoms with van der Waals surface area (Å²) < 4.78 is 3.87. The van der Waals surface area contributed by atoms with Gasteiger partial charge in [-0.05, 0) is 35.2 Å². The normalized spacial score (nSPS) is 13.8. The standard InChI is InChI=1S/C22H18N4O/c27-21(17-9-2-1-3-10-17)22(25-15-14-16-8-4-6-12-19(16)25)26-20-13-7-5-11-18(20)23-24-26/h1-15,21-22,27H. The van der Waals surface area contributed by atoms with E-state index < -0.39 is 12.3 Å². The van der Waals surface area contributed by atoms with E-state index in [1.807, 2.05) is 72.9 Å². The van der Waals surface area contributed by atoms with Crippen molar-refractivity contribution in [3.63, 3.8) is 0 Å². The van der Waals surface area contributed by atoms with Crippen LogP contribution in [0.25, 0.3) is 21.9 Å². The highest BCUT2D eigenvalue weighted by Crippen LogP contribution is 2.32. The molecule has 2 atom stereocenters. The van der Waals surface area contributed by atoms with Crippen molar-refractivity contribution in [3.8, 4) is 0 Å². The van der Waals surface area contributed by atoms with Gasteiger partial charge >= 0.3 is 0 Å². The van der Waals surface area contributed by atoms with Crippen LogP contribution in [0.2, 0.25) is 0 Å². The SMILES string of the molecule is OC(c1ccccc1)C(n1ccc2ccccc21)n1nnc2ccccc21. The molecule has 5 aromatic rings. The lowest BCUT2D eigenvalue weighted by Gasteiger charge is -2.26. The van der Waals surface area contributed by atoms with E-state index in [0.29, 0.717) is 0 Å². The van der Waals surface area contributed by atoms with Crippen LogP contribution in [0.15, 0.2) is 91.1 Å². The van der Waals surface area contributed by atoms with Crippen molar-refractivity contribution in [1.29, 1.82) is 0 Å². The van der Waals surface area contributed by atoms with Crippen molar-refractivity contribution in [1.82, 2.24) is 19.6 Å². The van der Waals surface area contributed by atoms with Gasteiger partial charge in [-0.25, -0.2) is 4.68 Å². The molecule has 5 rings (SSSR count). The second kappa shape index (κ2) is 6.37. The number of hydrogen-bond donors (Lipinski definition) is 1. The van der Waals surface area contributed by atoms with Gasteiger partial charge in [0.05, 0.1) is 5.52 Å². The maximum atomic E-state index is 11.3. The van der Waals surface area contributed by atoms with Crippen molar-refractivity contribution < 1.29 is 5.11 Å². The number of aromatic nitrogens is 4. The number of para-hydroxylation sites is 2. The number of aliphatic hydroxyl groups is 1. The third-order valence-corrected chi connectivity index (χ3v) is 4.97. The Bertz CT molecular complexity index is 1130. The topological polar surface area (TPSA) is 55.9 Å². The fraction of sp³-hybridized carbons (Fsp3) is 0.0909. The summed E-state index contributed by atoms with van der Waals surface area (Å²) in [6.45, 7) is 0. The van der Waals surface area contributed by atoms with Crippen molar-refractivity contribution >= 4 is 21.9 Å². The first kappa shape index (κ1) is 15.8. The molecule has 0 spiro atoms. The zero-order valence-electron chi connectivity index (χ0n) is 14.6. The predicted octanol–water partition coefficient (Wildman–Crippen LogP) is 4.17. The third-order valence-electron chi connectivity index (χ3n) is 4.97. The molecule has 132 valence electrons. The molecule has 0 amide bonds. The molecule has 0 aliphatic rings. The Morgan fingerprint density at radius 1 is 0.741 bits per heavy atom. The molecule has 0 saturated heterocycles. The molecule has 3 aromatic carbocycles. The fourth-order valence-corrected chi connectivity index (χ4v) is 3.64. The number of hydrogen-bond acceptors (Lipinski definition) is 3. The van der Waals surface area contributed by atoms with Gasteiger partial charge in [0.15, 0.2) is 6.17 Å². The van der Waals surface area contributed by atoms with Crippen LogP contribution in [-0.4, -0.2) is 24.7 Å². The summed E-state index contributed by atoms with van der Waals surface area (Å²) in [5.74, 6) is 0. The minimum Gasteiger partial charge on any atom is -0.384 e. The van der Waals surface area contributed by atoms with E-state index in [1.54, 1.807) is 4.68 Å². The van der Waals surface area contributed by atoms with Crippen molar-refractivity contribution in [3.05, 3.63) is 96.7 Å². The predicted molar refractivity (Wildman–Crippen MR) is 105 cm³/mol. The van der Waals surface area contributed by atoms with Gasteiger partial charge in [0.1, 0.15) is 11.6 Å². The van der Waals surface area contributed by atoms with Gasteiger partial charge in [-0.1, -0.05) is 65.9 Å². The average Bonchev–Trinajstić information content (AvgIpc) is 3.34. The van der Waals surface area contributed by atoms with Gasteiger partial charge in [-0.15, -0.1) is 5.10 Å². The molecule has 27 heavy (non-hydrogen) atoms. The molecule has 0 bridgehead atoms. The molecule has 0 aliphatic carbocycles. The van der Waals surface area contributed by atoms with Crippen LogP contribution in [0.1, 0.15) is 17.8 Å². The highest BCUT2D eigenvalue weighted by molar-refractivity contribution is 5.80. The third kappa shape index (κ3) is 2.60. The highest BCUT2D eigenvalue weighted by Gasteiger charge is 2.28. The monoisotopic (exact) mass is 354 g/mol. The van der Waals surface area contributed by atoms with Gasteiger partial charge in [0.2, 0.25) is 0 Å². The summed E-state index contributed by atoms with van der Waals surface area (Å²) in [6.07, 6.45) is 0.754. The smallest absolute Gasteiger partial charge is 0.159 e. The summed E-state index contributed by atoms with van der Waals surface area (Å²) in [6, 6.07) is 27.7. The van der Waals surface area contributed by atoms with E-state index in [9.17, 15) is 5.11 Å². The molecular weight excluding hydrogens is 336 g/mol. The maximum absolute atomic E-state index is 11.3. The number of rotatable bonds is 4. The van der Waals surface area contributed by atoms with E-state index in [1.165, 1.54) is 0 Å². The molecule has 0 fully saturated rings. The molecule has 5 heteroatoms. The molecule has 2 aromatic heterocycles. The Balaban J connectivity index is 1.75. The number of fused-ring (bicyclic) bond motifs is 2. The average molecular weight is 354 g/mol. The summed E-state index contributed by atoms with van der Waals surface area (Å²) in [7, 11) is 0. The summed E-state index contributed by atoms with van der Waals surface area (Å²) in [4.78, 5) is 0. The van der Waals surface area contributed by atoms with Crippen molar-refractivity contribution in [2.45, 2.75) is 12.3 Å². The largest absolute Gasteiger partial charge is 0.384 e. The summed E-state index contributed by atoms with van der Waals surface area (Å²) in [5, 5.41) is 21.1. The molecular formula is C22H18N4O. The summed E-state index contributed by atoms with van der Waals surface area (Å²) in [5.41, 5.74) is 3.56. The molecule has 1 N–H and O–H groups in total. The fourth-order valence-electron chi connectivity index (χ4n) is 3.64. The van der Waals surface area contributed by atoms with Gasteiger partial charge < -0.3 is 9.67 Å². The zero-order chi connectivity index (χ0) is 18.2. The van der Waals surface area contributed by atoms with Gasteiger partial charge in [-0.3, -0.25) is 0 Å². The lowest BCUT2D eigenvalue weighted by Crippen LogP contribution is -2.25. The number of nitrogens with zero attached hydrogens (tertiary/aromatic N) is 4. The van der Waals surface area contributed by atoms with E-state index in [0.717, 1.165) is 27.5 Å². The molecule has 2 heterocycles. The number of benzene rings is 3. The van der Waals surface area contributed by atoms with Gasteiger partial charge in [0, 0.05) is 11.7 Å². The van der Waals surface area contributed by atoms with Gasteiger partial charge in [-0.2, -0.15) is 0 Å². The Morgan fingerprint density at radius 2 is 1.44 bits per heavy atom. The molecule has 5 nitrogen and oxygen atoms in total. The molecule has 0 radical (unpaired) electrons. The van der Waals surface area contributed by atoms with Crippen LogP contribution in [0.5, 0.6) is 0 Å². The molecule has 0 saturated carbocycles. The number of aliphatic hydroxyl groups excluding tert-OH is 1. The van der Waals surface area contributed by atoms with E-state index in [-0.39, 0.29) is 0 Å². The first-order valence-corrected chi connectivity index (χ1v) is 8.91. The van der Waals surface area contributed by atoms with Crippen LogP contribution in [0, 0.1) is 0 Å². The lowest BCUT2D eigenvalue weighted by molar-refractivity contribution is 0.0935. The van der Waals surface area contributed by atoms with Crippen LogP contribution in [0.3, 0.4) is 0 Å². The minimum atomic E-state index is -0.785. The Morgan fingerprint density at radius 3 is 2.30 bits per heavy atom. The minimum absolute atomic E-state index is 0.459. The van der Waals surface area contributed by atoms with Crippen LogP contribution in [-0.2, 0) is 0 Å². The second-order valence-electron chi connectivity index (χ2n) is 6.57. The van der Waals surface area contributed by atoms with Crippen LogP contribution < -0.4 is 0 Å². The van der Waals surface area contributed by atoms with E-state index >= 15 is 0 Å². The van der Waals surface area contributed by atoms with Crippen molar-refractivity contribution in [2.75, 3.05) is 0 Å². The zero-order valence-corrected chi connectivity index (χ0v) is 14.6. The Hall–Kier alpha value is -3.44. The van der Waals surface area contributed by atoms with Crippen LogP contribution in [0.4, 0.5) is 0 Å². The van der Waals surface area contributed by atoms with E-state index in [2.05, 4.69) is 33.1 Å². The Labute approximate surface area is 156 Å². The molecule has 0 aliphatic heterocycles. The molecule has 2 unspecified atom stereocenters.